The summed E-state index contributed by atoms with van der Waals surface area (Å²) in [5.41, 5.74) is 0. The van der Waals surface area contributed by atoms with Crippen LogP contribution in [-0.2, 0) is 8.23 Å². The highest BCUT2D eigenvalue weighted by Gasteiger charge is 2.49. The Kier molecular flexibility index (Phi) is 5.41. The Labute approximate surface area is 141 Å². The largest absolute Gasteiger partial charge is 0.653 e. The Hall–Kier alpha value is -1.07. The van der Waals surface area contributed by atoms with E-state index in [1.54, 1.807) is 0 Å². The first-order chi connectivity index (χ1) is 10.6. The topological polar surface area (TPSA) is 58.9 Å². The molecule has 4 nitrogen and oxygen atoms in total. The first-order valence-electron chi connectivity index (χ1n) is 7.59. The maximum atomic E-state index is 10.4. The van der Waals surface area contributed by atoms with Crippen molar-refractivity contribution in [3.05, 3.63) is 60.7 Å². The molecule has 124 valence electrons. The van der Waals surface area contributed by atoms with Crippen molar-refractivity contribution < 1.29 is 17.8 Å². The first-order valence-corrected chi connectivity index (χ1v) is 15.1. The molecule has 0 unspecified atom stereocenters. The van der Waals surface area contributed by atoms with E-state index in [0.717, 1.165) is 10.4 Å². The minimum atomic E-state index is -4.22. The predicted octanol–water partition coefficient (Wildman–Crippen LogP) is 1.66. The summed E-state index contributed by atoms with van der Waals surface area (Å²) in [5.74, 6) is 0. The lowest BCUT2D eigenvalue weighted by Crippen LogP contribution is -2.66. The van der Waals surface area contributed by atoms with Crippen molar-refractivity contribution in [3.8, 4) is 0 Å². The summed E-state index contributed by atoms with van der Waals surface area (Å²) in [6, 6.07) is 19.5. The van der Waals surface area contributed by atoms with Gasteiger partial charge in [0.25, 0.3) is 0 Å². The van der Waals surface area contributed by atoms with Gasteiger partial charge in [-0.25, -0.2) is 0 Å². The average Bonchev–Trinajstić information content (AvgIpc) is 2.46. The molecule has 0 aliphatic rings. The molecule has 0 spiro atoms. The van der Waals surface area contributed by atoms with E-state index in [2.05, 4.69) is 0 Å². The second-order valence-corrected chi connectivity index (χ2v) is 16.8. The summed E-state index contributed by atoms with van der Waals surface area (Å²) in [7, 11) is -9.13. The summed E-state index contributed by atoms with van der Waals surface area (Å²) in [6.45, 7) is 7.71. The molecular weight excluding hydrogens is 340 g/mol. The zero-order valence-corrected chi connectivity index (χ0v) is 17.0. The molecule has 2 rings (SSSR count). The number of hydrogen-bond donors (Lipinski definition) is 2. The molecule has 0 aliphatic heterocycles. The lowest BCUT2D eigenvalue weighted by atomic mass is 10.4. The van der Waals surface area contributed by atoms with Crippen LogP contribution in [0.5, 0.6) is 0 Å². The van der Waals surface area contributed by atoms with Gasteiger partial charge in [0.05, 0.1) is 0 Å². The Morgan fingerprint density at radius 3 is 1.39 bits per heavy atom. The van der Waals surface area contributed by atoms with Crippen LogP contribution in [0.1, 0.15) is 0 Å². The predicted molar refractivity (Wildman–Crippen MR) is 99.5 cm³/mol. The average molecular weight is 365 g/mol. The van der Waals surface area contributed by atoms with Gasteiger partial charge in [0.1, 0.15) is 0 Å². The monoisotopic (exact) mass is 364 g/mol. The highest BCUT2D eigenvalue weighted by Crippen LogP contribution is 2.17. The maximum absolute atomic E-state index is 10.4. The van der Waals surface area contributed by atoms with Gasteiger partial charge in [0.2, 0.25) is 8.32 Å². The minimum absolute atomic E-state index is 0.977. The third-order valence-corrected chi connectivity index (χ3v) is 12.5. The van der Waals surface area contributed by atoms with E-state index in [1.165, 1.54) is 0 Å². The molecule has 0 heterocycles. The third kappa shape index (κ3) is 4.95. The van der Waals surface area contributed by atoms with Crippen molar-refractivity contribution in [2.45, 2.75) is 26.2 Å². The second-order valence-electron chi connectivity index (χ2n) is 6.63. The SMILES string of the molecule is C[Si](C)(C)O[Si](O)(O)O[Si](C)(c1ccccc1)c1ccccc1. The molecule has 0 aliphatic carbocycles. The molecule has 0 radical (unpaired) electrons. The molecule has 0 saturated carbocycles. The van der Waals surface area contributed by atoms with E-state index in [4.69, 9.17) is 8.23 Å². The lowest BCUT2D eigenvalue weighted by Gasteiger charge is -2.35. The van der Waals surface area contributed by atoms with E-state index in [-0.39, 0.29) is 0 Å². The minimum Gasteiger partial charge on any atom is -0.395 e. The van der Waals surface area contributed by atoms with Crippen LogP contribution in [0.3, 0.4) is 0 Å². The highest BCUT2D eigenvalue weighted by atomic mass is 28.5. The van der Waals surface area contributed by atoms with E-state index < -0.39 is 25.7 Å². The fourth-order valence-electron chi connectivity index (χ4n) is 2.48. The van der Waals surface area contributed by atoms with Crippen LogP contribution in [0.4, 0.5) is 0 Å². The Bertz CT molecular complexity index is 587. The fourth-order valence-corrected chi connectivity index (χ4v) is 11.3. The zero-order chi connectivity index (χ0) is 17.1. The van der Waals surface area contributed by atoms with E-state index in [9.17, 15) is 9.59 Å². The first kappa shape index (κ1) is 18.3. The maximum Gasteiger partial charge on any atom is 0.653 e. The van der Waals surface area contributed by atoms with Crippen molar-refractivity contribution >= 4 is 36.1 Å². The van der Waals surface area contributed by atoms with Gasteiger partial charge in [-0.1, -0.05) is 60.7 Å². The molecule has 2 N–H and O–H groups in total. The van der Waals surface area contributed by atoms with Crippen molar-refractivity contribution in [2.75, 3.05) is 0 Å². The van der Waals surface area contributed by atoms with Gasteiger partial charge in [-0.3, -0.25) is 0 Å². The number of hydrogen-bond acceptors (Lipinski definition) is 4. The van der Waals surface area contributed by atoms with Gasteiger partial charge in [-0.15, -0.1) is 0 Å². The summed E-state index contributed by atoms with van der Waals surface area (Å²) in [4.78, 5) is 20.9. The van der Waals surface area contributed by atoms with Crippen molar-refractivity contribution in [1.29, 1.82) is 0 Å². The second kappa shape index (κ2) is 6.81. The Morgan fingerprint density at radius 1 is 0.652 bits per heavy atom. The number of rotatable bonds is 6. The number of benzene rings is 2. The smallest absolute Gasteiger partial charge is 0.395 e. The van der Waals surface area contributed by atoms with Crippen molar-refractivity contribution in [2.24, 2.45) is 0 Å². The molecule has 0 fully saturated rings. The van der Waals surface area contributed by atoms with E-state index >= 15 is 0 Å². The quantitative estimate of drug-likeness (QED) is 0.766. The summed E-state index contributed by atoms with van der Waals surface area (Å²) in [5, 5.41) is 1.95. The van der Waals surface area contributed by atoms with Crippen LogP contribution >= 0.6 is 0 Å². The third-order valence-electron chi connectivity index (χ3n) is 3.43. The van der Waals surface area contributed by atoms with Gasteiger partial charge >= 0.3 is 9.05 Å². The summed E-state index contributed by atoms with van der Waals surface area (Å²) in [6.07, 6.45) is 0. The normalized spacial score (nSPS) is 13.1. The summed E-state index contributed by atoms with van der Waals surface area (Å²) >= 11 is 0. The van der Waals surface area contributed by atoms with Gasteiger partial charge in [-0.2, -0.15) is 0 Å². The molecule has 0 bridgehead atoms. The van der Waals surface area contributed by atoms with Crippen molar-refractivity contribution in [1.82, 2.24) is 0 Å². The zero-order valence-electron chi connectivity index (χ0n) is 14.0. The highest BCUT2D eigenvalue weighted by molar-refractivity contribution is 7.00. The summed E-state index contributed by atoms with van der Waals surface area (Å²) < 4.78 is 11.5. The molecule has 0 amide bonds. The van der Waals surface area contributed by atoms with Crippen LogP contribution in [-0.4, -0.2) is 35.3 Å². The van der Waals surface area contributed by atoms with Gasteiger partial charge in [0.15, 0.2) is 8.32 Å². The molecule has 0 atom stereocenters. The molecule has 7 heteroatoms. The molecule has 2 aromatic rings. The van der Waals surface area contributed by atoms with E-state index in [0.29, 0.717) is 0 Å². The van der Waals surface area contributed by atoms with Gasteiger partial charge < -0.3 is 17.8 Å². The van der Waals surface area contributed by atoms with Crippen molar-refractivity contribution in [3.63, 3.8) is 0 Å². The Balaban J connectivity index is 2.43. The molecular formula is C16H24O4Si3. The molecule has 0 aromatic heterocycles. The van der Waals surface area contributed by atoms with Crippen LogP contribution in [0.25, 0.3) is 0 Å². The van der Waals surface area contributed by atoms with E-state index in [1.807, 2.05) is 86.9 Å². The van der Waals surface area contributed by atoms with Gasteiger partial charge in [0, 0.05) is 0 Å². The van der Waals surface area contributed by atoms with Crippen LogP contribution in [0, 0.1) is 0 Å². The van der Waals surface area contributed by atoms with Gasteiger partial charge in [-0.05, 0) is 36.6 Å². The van der Waals surface area contributed by atoms with Crippen LogP contribution < -0.4 is 10.4 Å². The standard InChI is InChI=1S/C16H24O4Si3/c1-21(2,3)19-23(17,18)20-22(4,15-11-7-5-8-12-15)16-13-9-6-10-14-16/h5-14,17-18H,1-4H3. The Morgan fingerprint density at radius 2 is 1.04 bits per heavy atom. The lowest BCUT2D eigenvalue weighted by molar-refractivity contribution is 0.135. The molecule has 2 aromatic carbocycles. The molecule has 23 heavy (non-hydrogen) atoms. The fraction of sp³-hybridized carbons (Fsp3) is 0.250. The van der Waals surface area contributed by atoms with Crippen LogP contribution in [0.15, 0.2) is 60.7 Å². The van der Waals surface area contributed by atoms with Crippen LogP contribution in [0.2, 0.25) is 26.2 Å². The molecule has 0 saturated heterocycles.